The number of ether oxygens (including phenoxy) is 1. The van der Waals surface area contributed by atoms with E-state index in [1.165, 1.54) is 4.31 Å². The summed E-state index contributed by atoms with van der Waals surface area (Å²) in [6, 6.07) is 11.8. The molecule has 3 rings (SSSR count). The molecule has 2 heterocycles. The summed E-state index contributed by atoms with van der Waals surface area (Å²) in [7, 11) is -3.53. The van der Waals surface area contributed by atoms with Gasteiger partial charge in [0.05, 0.1) is 31.4 Å². The molecular weight excluding hydrogens is 412 g/mol. The van der Waals surface area contributed by atoms with Gasteiger partial charge in [0.25, 0.3) is 10.0 Å². The Morgan fingerprint density at radius 2 is 1.93 bits per heavy atom. The number of thiophene rings is 1. The SMILES string of the molecule is CCN(C(=O)NCc1ccc(S(=O)(=O)N2CCOCC2)s1)c1ccc(C#N)cc1. The average molecular weight is 435 g/mol. The standard InChI is InChI=1S/C19H22N4O4S2/c1-2-23(16-5-3-15(13-20)4-6-16)19(24)21-14-17-7-8-18(28-17)29(25,26)22-9-11-27-12-10-22/h3-8H,2,9-12,14H2,1H3,(H,21,24). The first-order valence-corrected chi connectivity index (χ1v) is 11.4. The molecule has 154 valence electrons. The van der Waals surface area contributed by atoms with Gasteiger partial charge in [-0.1, -0.05) is 0 Å². The van der Waals surface area contributed by atoms with Crippen molar-refractivity contribution >= 4 is 33.1 Å². The van der Waals surface area contributed by atoms with Crippen LogP contribution in [-0.4, -0.2) is 51.6 Å². The van der Waals surface area contributed by atoms with E-state index in [1.54, 1.807) is 41.3 Å². The second kappa shape index (κ2) is 9.37. The summed E-state index contributed by atoms with van der Waals surface area (Å²) in [4.78, 5) is 14.9. The summed E-state index contributed by atoms with van der Waals surface area (Å²) in [5, 5.41) is 11.7. The third kappa shape index (κ3) is 4.94. The van der Waals surface area contributed by atoms with Crippen molar-refractivity contribution in [2.75, 3.05) is 37.7 Å². The van der Waals surface area contributed by atoms with E-state index in [-0.39, 0.29) is 16.8 Å². The van der Waals surface area contributed by atoms with Crippen LogP contribution < -0.4 is 10.2 Å². The van der Waals surface area contributed by atoms with Crippen LogP contribution in [0.25, 0.3) is 0 Å². The number of carbonyl (C=O) groups is 1. The first kappa shape index (κ1) is 21.3. The Morgan fingerprint density at radius 3 is 2.55 bits per heavy atom. The molecule has 0 saturated carbocycles. The number of nitrogens with zero attached hydrogens (tertiary/aromatic N) is 3. The van der Waals surface area contributed by atoms with Crippen molar-refractivity contribution in [2.24, 2.45) is 0 Å². The molecule has 0 spiro atoms. The molecule has 1 fully saturated rings. The molecule has 0 bridgehead atoms. The monoisotopic (exact) mass is 434 g/mol. The number of hydrogen-bond acceptors (Lipinski definition) is 6. The van der Waals surface area contributed by atoms with E-state index in [9.17, 15) is 13.2 Å². The van der Waals surface area contributed by atoms with Crippen LogP contribution in [0.2, 0.25) is 0 Å². The van der Waals surface area contributed by atoms with E-state index in [0.717, 1.165) is 16.2 Å². The van der Waals surface area contributed by atoms with Crippen LogP contribution in [0.5, 0.6) is 0 Å². The van der Waals surface area contributed by atoms with Gasteiger partial charge in [-0.2, -0.15) is 9.57 Å². The lowest BCUT2D eigenvalue weighted by molar-refractivity contribution is 0.0731. The van der Waals surface area contributed by atoms with Crippen LogP contribution in [0.1, 0.15) is 17.4 Å². The van der Waals surface area contributed by atoms with Gasteiger partial charge in [0.2, 0.25) is 0 Å². The van der Waals surface area contributed by atoms with Gasteiger partial charge >= 0.3 is 6.03 Å². The molecule has 2 aromatic rings. The van der Waals surface area contributed by atoms with Crippen LogP contribution in [-0.2, 0) is 21.3 Å². The Hall–Kier alpha value is -2.45. The molecule has 1 aromatic heterocycles. The van der Waals surface area contributed by atoms with Crippen molar-refractivity contribution < 1.29 is 17.9 Å². The highest BCUT2D eigenvalue weighted by atomic mass is 32.2. The zero-order valence-electron chi connectivity index (χ0n) is 16.0. The van der Waals surface area contributed by atoms with E-state index < -0.39 is 10.0 Å². The molecule has 10 heteroatoms. The van der Waals surface area contributed by atoms with E-state index in [4.69, 9.17) is 10.00 Å². The Morgan fingerprint density at radius 1 is 1.24 bits per heavy atom. The maximum atomic E-state index is 12.7. The van der Waals surface area contributed by atoms with Crippen molar-refractivity contribution in [3.8, 4) is 6.07 Å². The van der Waals surface area contributed by atoms with Crippen molar-refractivity contribution in [1.82, 2.24) is 9.62 Å². The maximum Gasteiger partial charge on any atom is 0.322 e. The molecule has 2 amide bonds. The number of amides is 2. The lowest BCUT2D eigenvalue weighted by Gasteiger charge is -2.25. The fraction of sp³-hybridized carbons (Fsp3) is 0.368. The van der Waals surface area contributed by atoms with Crippen LogP contribution in [0.4, 0.5) is 10.5 Å². The summed E-state index contributed by atoms with van der Waals surface area (Å²) in [6.45, 7) is 4.04. The van der Waals surface area contributed by atoms with Gasteiger partial charge in [-0.3, -0.25) is 4.90 Å². The Kier molecular flexibility index (Phi) is 6.87. The fourth-order valence-electron chi connectivity index (χ4n) is 2.92. The van der Waals surface area contributed by atoms with Gasteiger partial charge in [0.1, 0.15) is 4.21 Å². The zero-order valence-corrected chi connectivity index (χ0v) is 17.6. The van der Waals surface area contributed by atoms with Crippen LogP contribution in [0.3, 0.4) is 0 Å². The lowest BCUT2D eigenvalue weighted by Crippen LogP contribution is -2.40. The molecule has 0 radical (unpaired) electrons. The first-order chi connectivity index (χ1) is 14.0. The summed E-state index contributed by atoms with van der Waals surface area (Å²) in [5.41, 5.74) is 1.21. The number of urea groups is 1. The highest BCUT2D eigenvalue weighted by molar-refractivity contribution is 7.91. The first-order valence-electron chi connectivity index (χ1n) is 9.18. The molecule has 8 nitrogen and oxygen atoms in total. The molecule has 1 saturated heterocycles. The van der Waals surface area contributed by atoms with Gasteiger partial charge < -0.3 is 10.1 Å². The third-order valence-electron chi connectivity index (χ3n) is 4.48. The molecule has 1 aliphatic rings. The predicted octanol–water partition coefficient (Wildman–Crippen LogP) is 2.38. The van der Waals surface area contributed by atoms with Crippen LogP contribution in [0.15, 0.2) is 40.6 Å². The summed E-state index contributed by atoms with van der Waals surface area (Å²) >= 11 is 1.16. The molecule has 1 aliphatic heterocycles. The van der Waals surface area contributed by atoms with Crippen molar-refractivity contribution in [3.05, 3.63) is 46.8 Å². The Bertz CT molecular complexity index is 990. The highest BCUT2D eigenvalue weighted by Gasteiger charge is 2.27. The van der Waals surface area contributed by atoms with Crippen molar-refractivity contribution in [3.63, 3.8) is 0 Å². The van der Waals surface area contributed by atoms with E-state index in [1.807, 2.05) is 13.0 Å². The normalized spacial score (nSPS) is 14.9. The molecule has 0 atom stereocenters. The molecule has 1 N–H and O–H groups in total. The van der Waals surface area contributed by atoms with Crippen LogP contribution in [0, 0.1) is 11.3 Å². The van der Waals surface area contributed by atoms with Gasteiger partial charge in [-0.05, 0) is 43.3 Å². The summed E-state index contributed by atoms with van der Waals surface area (Å²) < 4.78 is 32.3. The Balaban J connectivity index is 1.63. The molecule has 1 aromatic carbocycles. The number of nitriles is 1. The smallest absolute Gasteiger partial charge is 0.322 e. The predicted molar refractivity (Wildman–Crippen MR) is 110 cm³/mol. The second-order valence-corrected chi connectivity index (χ2v) is 9.63. The lowest BCUT2D eigenvalue weighted by atomic mass is 10.2. The average Bonchev–Trinajstić information content (AvgIpc) is 3.24. The number of benzene rings is 1. The van der Waals surface area contributed by atoms with Crippen LogP contribution >= 0.6 is 11.3 Å². The number of carbonyl (C=O) groups excluding carboxylic acids is 1. The highest BCUT2D eigenvalue weighted by Crippen LogP contribution is 2.25. The number of nitrogens with one attached hydrogen (secondary N) is 1. The molecule has 0 aliphatic carbocycles. The molecule has 0 unspecified atom stereocenters. The minimum absolute atomic E-state index is 0.231. The Labute approximate surface area is 174 Å². The van der Waals surface area contributed by atoms with Gasteiger partial charge in [-0.25, -0.2) is 13.2 Å². The van der Waals surface area contributed by atoms with Crippen molar-refractivity contribution in [1.29, 1.82) is 5.26 Å². The third-order valence-corrected chi connectivity index (χ3v) is 7.94. The second-order valence-electron chi connectivity index (χ2n) is 6.30. The quantitative estimate of drug-likeness (QED) is 0.752. The minimum Gasteiger partial charge on any atom is -0.379 e. The fourth-order valence-corrected chi connectivity index (χ4v) is 5.78. The van der Waals surface area contributed by atoms with Gasteiger partial charge in [0.15, 0.2) is 0 Å². The minimum atomic E-state index is -3.53. The van der Waals surface area contributed by atoms with E-state index in [2.05, 4.69) is 5.32 Å². The largest absolute Gasteiger partial charge is 0.379 e. The zero-order chi connectivity index (χ0) is 20.9. The number of sulfonamides is 1. The number of morpholine rings is 1. The van der Waals surface area contributed by atoms with E-state index in [0.29, 0.717) is 44.1 Å². The summed E-state index contributed by atoms with van der Waals surface area (Å²) in [6.07, 6.45) is 0. The maximum absolute atomic E-state index is 12.7. The van der Waals surface area contributed by atoms with Crippen molar-refractivity contribution in [2.45, 2.75) is 17.7 Å². The summed E-state index contributed by atoms with van der Waals surface area (Å²) in [5.74, 6) is 0. The number of rotatable bonds is 6. The van der Waals surface area contributed by atoms with E-state index >= 15 is 0 Å². The molecule has 29 heavy (non-hydrogen) atoms. The number of anilines is 1. The van der Waals surface area contributed by atoms with Gasteiger partial charge in [0, 0.05) is 30.2 Å². The topological polar surface area (TPSA) is 103 Å². The number of hydrogen-bond donors (Lipinski definition) is 1. The molecular formula is C19H22N4O4S2. The van der Waals surface area contributed by atoms with Gasteiger partial charge in [-0.15, -0.1) is 11.3 Å².